The minimum Gasteiger partial charge on any atom is -0.497 e. The number of methoxy groups -OCH3 is 1. The lowest BCUT2D eigenvalue weighted by Crippen LogP contribution is -2.30. The van der Waals surface area contributed by atoms with Crippen molar-refractivity contribution in [2.24, 2.45) is 5.92 Å². The highest BCUT2D eigenvalue weighted by molar-refractivity contribution is 5.65. The zero-order valence-corrected chi connectivity index (χ0v) is 11.5. The summed E-state index contributed by atoms with van der Waals surface area (Å²) in [5.41, 5.74) is 1.06. The molecule has 20 heavy (non-hydrogen) atoms. The Morgan fingerprint density at radius 2 is 1.95 bits per heavy atom. The zero-order valence-electron chi connectivity index (χ0n) is 11.5. The molecule has 1 aromatic carbocycles. The quantitative estimate of drug-likeness (QED) is 0.861. The summed E-state index contributed by atoms with van der Waals surface area (Å²) in [5, 5.41) is 9.07. The smallest absolute Gasteiger partial charge is 0.407 e. The maximum Gasteiger partial charge on any atom is 0.407 e. The number of carboxylic acid groups (broad SMARTS) is 1. The van der Waals surface area contributed by atoms with Gasteiger partial charge < -0.3 is 19.5 Å². The molecule has 0 bridgehead atoms. The molecular formula is C15H19NO4. The van der Waals surface area contributed by atoms with E-state index in [-0.39, 0.29) is 11.8 Å². The normalized spacial score (nSPS) is 22.9. The van der Waals surface area contributed by atoms with Gasteiger partial charge in [0.05, 0.1) is 7.11 Å². The molecular weight excluding hydrogens is 258 g/mol. The van der Waals surface area contributed by atoms with Gasteiger partial charge in [0, 0.05) is 19.0 Å². The fourth-order valence-electron chi connectivity index (χ4n) is 2.75. The second kappa shape index (κ2) is 6.41. The van der Waals surface area contributed by atoms with Crippen molar-refractivity contribution in [3.05, 3.63) is 29.8 Å². The third kappa shape index (κ3) is 3.10. The maximum absolute atomic E-state index is 11.3. The second-order valence-electron chi connectivity index (χ2n) is 5.03. The molecule has 0 aliphatic carbocycles. The Bertz CT molecular complexity index is 471. The van der Waals surface area contributed by atoms with Gasteiger partial charge in [0.15, 0.2) is 0 Å². The molecule has 5 nitrogen and oxygen atoms in total. The summed E-state index contributed by atoms with van der Waals surface area (Å²) in [4.78, 5) is 23.7. The summed E-state index contributed by atoms with van der Waals surface area (Å²) in [7, 11) is 1.61. The Labute approximate surface area is 118 Å². The van der Waals surface area contributed by atoms with Gasteiger partial charge in [-0.05, 0) is 36.5 Å². The van der Waals surface area contributed by atoms with Crippen LogP contribution < -0.4 is 4.74 Å². The number of amides is 1. The first-order chi connectivity index (χ1) is 9.65. The molecule has 1 N–H and O–H groups in total. The molecule has 1 saturated heterocycles. The van der Waals surface area contributed by atoms with Crippen LogP contribution in [0, 0.1) is 5.92 Å². The van der Waals surface area contributed by atoms with Crippen LogP contribution in [0.3, 0.4) is 0 Å². The number of hydrogen-bond donors (Lipinski definition) is 1. The van der Waals surface area contributed by atoms with Crippen LogP contribution in [0.2, 0.25) is 0 Å². The molecule has 0 saturated carbocycles. The molecule has 0 aromatic heterocycles. The molecule has 1 amide bonds. The van der Waals surface area contributed by atoms with E-state index in [9.17, 15) is 9.59 Å². The van der Waals surface area contributed by atoms with Gasteiger partial charge in [0.1, 0.15) is 12.0 Å². The number of aldehydes is 1. The van der Waals surface area contributed by atoms with Crippen molar-refractivity contribution in [1.82, 2.24) is 4.90 Å². The molecule has 108 valence electrons. The first-order valence-corrected chi connectivity index (χ1v) is 6.73. The minimum atomic E-state index is -0.912. The van der Waals surface area contributed by atoms with Crippen LogP contribution in [0.25, 0.3) is 0 Å². The Hall–Kier alpha value is -2.04. The van der Waals surface area contributed by atoms with Gasteiger partial charge in [-0.2, -0.15) is 0 Å². The molecule has 0 spiro atoms. The van der Waals surface area contributed by atoms with E-state index in [1.165, 1.54) is 4.90 Å². The standard InChI is InChI=1S/C15H19NO4/c1-20-13-4-2-11(3-5-13)14-7-9-16(15(18)19)8-6-12(14)10-17/h2-5,10,12,14H,6-9H2,1H3,(H,18,19). The molecule has 2 unspecified atom stereocenters. The Kier molecular flexibility index (Phi) is 4.61. The summed E-state index contributed by atoms with van der Waals surface area (Å²) >= 11 is 0. The van der Waals surface area contributed by atoms with Crippen molar-refractivity contribution in [2.45, 2.75) is 18.8 Å². The average molecular weight is 277 g/mol. The number of carbonyl (C=O) groups excluding carboxylic acids is 1. The number of hydrogen-bond acceptors (Lipinski definition) is 3. The molecule has 1 fully saturated rings. The molecule has 1 aliphatic heterocycles. The summed E-state index contributed by atoms with van der Waals surface area (Å²) < 4.78 is 5.13. The van der Waals surface area contributed by atoms with E-state index in [1.54, 1.807) is 7.11 Å². The van der Waals surface area contributed by atoms with E-state index in [0.29, 0.717) is 25.9 Å². The molecule has 1 heterocycles. The van der Waals surface area contributed by atoms with Crippen LogP contribution >= 0.6 is 0 Å². The molecule has 1 aromatic rings. The maximum atomic E-state index is 11.3. The van der Waals surface area contributed by atoms with Crippen LogP contribution in [0.4, 0.5) is 4.79 Å². The van der Waals surface area contributed by atoms with Crippen LogP contribution in [0.5, 0.6) is 5.75 Å². The topological polar surface area (TPSA) is 66.8 Å². The zero-order chi connectivity index (χ0) is 14.5. The van der Waals surface area contributed by atoms with Gasteiger partial charge in [-0.3, -0.25) is 0 Å². The molecule has 1 aliphatic rings. The second-order valence-corrected chi connectivity index (χ2v) is 5.03. The first-order valence-electron chi connectivity index (χ1n) is 6.73. The van der Waals surface area contributed by atoms with Crippen LogP contribution in [0.15, 0.2) is 24.3 Å². The summed E-state index contributed by atoms with van der Waals surface area (Å²) in [5.74, 6) is 0.715. The van der Waals surface area contributed by atoms with Gasteiger partial charge in [-0.25, -0.2) is 4.79 Å². The van der Waals surface area contributed by atoms with E-state index in [1.807, 2.05) is 24.3 Å². The molecule has 2 atom stereocenters. The van der Waals surface area contributed by atoms with Gasteiger partial charge in [0.2, 0.25) is 0 Å². The lowest BCUT2D eigenvalue weighted by atomic mass is 9.83. The molecule has 0 radical (unpaired) electrons. The molecule has 2 rings (SSSR count). The van der Waals surface area contributed by atoms with Gasteiger partial charge in [0.25, 0.3) is 0 Å². The lowest BCUT2D eigenvalue weighted by molar-refractivity contribution is -0.111. The Morgan fingerprint density at radius 3 is 2.50 bits per heavy atom. The van der Waals surface area contributed by atoms with Crippen molar-refractivity contribution in [3.63, 3.8) is 0 Å². The predicted octanol–water partition coefficient (Wildman–Crippen LogP) is 2.37. The van der Waals surface area contributed by atoms with E-state index in [2.05, 4.69) is 0 Å². The number of likely N-dealkylation sites (tertiary alicyclic amines) is 1. The SMILES string of the molecule is COc1ccc(C2CCN(C(=O)O)CCC2C=O)cc1. The van der Waals surface area contributed by atoms with Gasteiger partial charge in [-0.1, -0.05) is 12.1 Å². The van der Waals surface area contributed by atoms with Crippen LogP contribution in [-0.4, -0.2) is 42.6 Å². The highest BCUT2D eigenvalue weighted by atomic mass is 16.5. The van der Waals surface area contributed by atoms with Crippen LogP contribution in [0.1, 0.15) is 24.3 Å². The highest BCUT2D eigenvalue weighted by Gasteiger charge is 2.28. The van der Waals surface area contributed by atoms with E-state index >= 15 is 0 Å². The largest absolute Gasteiger partial charge is 0.497 e. The van der Waals surface area contributed by atoms with Crippen molar-refractivity contribution in [2.75, 3.05) is 20.2 Å². The van der Waals surface area contributed by atoms with E-state index in [4.69, 9.17) is 9.84 Å². The first kappa shape index (κ1) is 14.4. The van der Waals surface area contributed by atoms with E-state index in [0.717, 1.165) is 17.6 Å². The van der Waals surface area contributed by atoms with Gasteiger partial charge >= 0.3 is 6.09 Å². The summed E-state index contributed by atoms with van der Waals surface area (Å²) in [6.45, 7) is 0.891. The lowest BCUT2D eigenvalue weighted by Gasteiger charge is -2.20. The number of carbonyl (C=O) groups is 2. The third-order valence-corrected chi connectivity index (χ3v) is 3.95. The van der Waals surface area contributed by atoms with Gasteiger partial charge in [-0.15, -0.1) is 0 Å². The molecule has 5 heteroatoms. The fraction of sp³-hybridized carbons (Fsp3) is 0.467. The van der Waals surface area contributed by atoms with Crippen molar-refractivity contribution < 1.29 is 19.4 Å². The third-order valence-electron chi connectivity index (χ3n) is 3.95. The highest BCUT2D eigenvalue weighted by Crippen LogP contribution is 2.33. The fourth-order valence-corrected chi connectivity index (χ4v) is 2.75. The predicted molar refractivity (Wildman–Crippen MR) is 74.1 cm³/mol. The van der Waals surface area contributed by atoms with Crippen LogP contribution in [-0.2, 0) is 4.79 Å². The minimum absolute atomic E-state index is 0.0720. The summed E-state index contributed by atoms with van der Waals surface area (Å²) in [6, 6.07) is 7.65. The number of rotatable bonds is 3. The van der Waals surface area contributed by atoms with Crippen molar-refractivity contribution in [1.29, 1.82) is 0 Å². The van der Waals surface area contributed by atoms with Crippen molar-refractivity contribution >= 4 is 12.4 Å². The monoisotopic (exact) mass is 277 g/mol. The van der Waals surface area contributed by atoms with Crippen molar-refractivity contribution in [3.8, 4) is 5.75 Å². The Balaban J connectivity index is 2.18. The van der Waals surface area contributed by atoms with E-state index < -0.39 is 6.09 Å². The number of nitrogens with zero attached hydrogens (tertiary/aromatic N) is 1. The number of benzene rings is 1. The Morgan fingerprint density at radius 1 is 1.30 bits per heavy atom. The number of ether oxygens (including phenoxy) is 1. The summed E-state index contributed by atoms with van der Waals surface area (Å²) in [6.07, 6.45) is 1.29. The average Bonchev–Trinajstić information content (AvgIpc) is 2.69.